The predicted molar refractivity (Wildman–Crippen MR) is 107 cm³/mol. The minimum atomic E-state index is -4.73. The van der Waals surface area contributed by atoms with Gasteiger partial charge in [-0.05, 0) is 36.4 Å². The fraction of sp³-hybridized carbons (Fsp3) is 0.235. The molecule has 0 bridgehead atoms. The number of aliphatic imine (C=N–C) groups is 1. The zero-order valence-corrected chi connectivity index (χ0v) is 16.7. The first kappa shape index (κ1) is 21.7. The zero-order chi connectivity index (χ0) is 19.3. The quantitative estimate of drug-likeness (QED) is 0.266. The fourth-order valence-electron chi connectivity index (χ4n) is 2.22. The molecule has 11 heteroatoms. The van der Waals surface area contributed by atoms with Crippen LogP contribution < -0.4 is 30.0 Å². The molecule has 1 aliphatic heterocycles. The summed E-state index contributed by atoms with van der Waals surface area (Å²) in [5.41, 5.74) is 6.21. The lowest BCUT2D eigenvalue weighted by Gasteiger charge is -2.10. The number of benzene rings is 2. The Kier molecular flexibility index (Phi) is 7.43. The van der Waals surface area contributed by atoms with E-state index in [1.165, 1.54) is 24.3 Å². The summed E-state index contributed by atoms with van der Waals surface area (Å²) in [5, 5.41) is 2.76. The van der Waals surface area contributed by atoms with Gasteiger partial charge in [0, 0.05) is 11.8 Å². The van der Waals surface area contributed by atoms with Crippen molar-refractivity contribution in [3.8, 4) is 23.0 Å². The van der Waals surface area contributed by atoms with Crippen molar-refractivity contribution in [3.05, 3.63) is 42.5 Å². The second kappa shape index (κ2) is 9.57. The van der Waals surface area contributed by atoms with Crippen molar-refractivity contribution in [1.29, 1.82) is 0 Å². The van der Waals surface area contributed by atoms with Crippen molar-refractivity contribution >= 4 is 35.6 Å². The van der Waals surface area contributed by atoms with Crippen LogP contribution in [0.15, 0.2) is 47.5 Å². The predicted octanol–water partition coefficient (Wildman–Crippen LogP) is 3.74. The average Bonchev–Trinajstić information content (AvgIpc) is 3.07. The van der Waals surface area contributed by atoms with Crippen LogP contribution in [-0.4, -0.2) is 32.3 Å². The van der Waals surface area contributed by atoms with Gasteiger partial charge in [0.2, 0.25) is 6.79 Å². The SMILES string of the molecule is I.NC(=NCCOc1ccc2c(c1)OCO2)Nc1ccc(OC(F)(F)F)cc1. The summed E-state index contributed by atoms with van der Waals surface area (Å²) >= 11 is 0. The lowest BCUT2D eigenvalue weighted by molar-refractivity contribution is -0.274. The molecule has 28 heavy (non-hydrogen) atoms. The van der Waals surface area contributed by atoms with Gasteiger partial charge in [-0.1, -0.05) is 0 Å². The molecule has 0 amide bonds. The first-order chi connectivity index (χ1) is 12.9. The van der Waals surface area contributed by atoms with Crippen LogP contribution in [0.25, 0.3) is 0 Å². The van der Waals surface area contributed by atoms with Crippen LogP contribution in [0.1, 0.15) is 0 Å². The van der Waals surface area contributed by atoms with Crippen molar-refractivity contribution in [2.24, 2.45) is 10.7 Å². The highest BCUT2D eigenvalue weighted by Gasteiger charge is 2.30. The Morgan fingerprint density at radius 1 is 1.07 bits per heavy atom. The molecule has 0 unspecified atom stereocenters. The summed E-state index contributed by atoms with van der Waals surface area (Å²) in [7, 11) is 0. The molecule has 0 saturated carbocycles. The maximum atomic E-state index is 12.1. The number of guanidine groups is 1. The molecule has 0 saturated heterocycles. The van der Waals surface area contributed by atoms with Gasteiger partial charge in [0.25, 0.3) is 0 Å². The molecule has 0 atom stereocenters. The Balaban J connectivity index is 0.00000280. The second-order valence-corrected chi connectivity index (χ2v) is 5.33. The smallest absolute Gasteiger partial charge is 0.492 e. The summed E-state index contributed by atoms with van der Waals surface area (Å²) in [5.74, 6) is 1.69. The van der Waals surface area contributed by atoms with Gasteiger partial charge in [0.05, 0.1) is 6.54 Å². The van der Waals surface area contributed by atoms with Gasteiger partial charge in [0.15, 0.2) is 17.5 Å². The number of alkyl halides is 3. The molecule has 3 N–H and O–H groups in total. The molecular weight excluding hydrogens is 494 g/mol. The van der Waals surface area contributed by atoms with Gasteiger partial charge in [-0.3, -0.25) is 0 Å². The summed E-state index contributed by atoms with van der Waals surface area (Å²) in [4.78, 5) is 4.08. The van der Waals surface area contributed by atoms with Crippen LogP contribution in [0.3, 0.4) is 0 Å². The molecule has 1 aliphatic rings. The highest BCUT2D eigenvalue weighted by atomic mass is 127. The number of nitrogens with zero attached hydrogens (tertiary/aromatic N) is 1. The normalized spacial score (nSPS) is 12.9. The highest BCUT2D eigenvalue weighted by Crippen LogP contribution is 2.35. The summed E-state index contributed by atoms with van der Waals surface area (Å²) < 4.78 is 56.1. The third kappa shape index (κ3) is 6.55. The van der Waals surface area contributed by atoms with Crippen LogP contribution in [0.2, 0.25) is 0 Å². The van der Waals surface area contributed by atoms with E-state index in [4.69, 9.17) is 19.9 Å². The fourth-order valence-corrected chi connectivity index (χ4v) is 2.22. The van der Waals surface area contributed by atoms with Gasteiger partial charge >= 0.3 is 6.36 Å². The largest absolute Gasteiger partial charge is 0.573 e. The minimum absolute atomic E-state index is 0. The van der Waals surface area contributed by atoms with E-state index in [-0.39, 0.29) is 55.6 Å². The van der Waals surface area contributed by atoms with E-state index in [0.29, 0.717) is 22.9 Å². The molecule has 152 valence electrons. The molecule has 3 rings (SSSR count). The summed E-state index contributed by atoms with van der Waals surface area (Å²) in [6.45, 7) is 0.748. The molecular formula is C17H17F3IN3O4. The number of anilines is 1. The van der Waals surface area contributed by atoms with Crippen LogP contribution in [0.4, 0.5) is 18.9 Å². The zero-order valence-electron chi connectivity index (χ0n) is 14.4. The Labute approximate surface area is 175 Å². The van der Waals surface area contributed by atoms with E-state index < -0.39 is 6.36 Å². The third-order valence-corrected chi connectivity index (χ3v) is 3.35. The Bertz CT molecular complexity index is 816. The van der Waals surface area contributed by atoms with E-state index in [1.807, 2.05) is 0 Å². The molecule has 0 fully saturated rings. The molecule has 0 aliphatic carbocycles. The summed E-state index contributed by atoms with van der Waals surface area (Å²) in [6.07, 6.45) is -4.73. The van der Waals surface area contributed by atoms with Gasteiger partial charge < -0.3 is 30.0 Å². The molecule has 2 aromatic rings. The van der Waals surface area contributed by atoms with E-state index in [0.717, 1.165) is 0 Å². The Morgan fingerprint density at radius 3 is 2.46 bits per heavy atom. The molecule has 1 heterocycles. The van der Waals surface area contributed by atoms with Crippen molar-refractivity contribution in [2.75, 3.05) is 25.3 Å². The molecule has 0 aromatic heterocycles. The lowest BCUT2D eigenvalue weighted by Crippen LogP contribution is -2.23. The van der Waals surface area contributed by atoms with Gasteiger partial charge in [-0.2, -0.15) is 0 Å². The molecule has 2 aromatic carbocycles. The van der Waals surface area contributed by atoms with E-state index in [1.54, 1.807) is 18.2 Å². The molecule has 0 spiro atoms. The number of halogens is 4. The van der Waals surface area contributed by atoms with Crippen LogP contribution in [0.5, 0.6) is 23.0 Å². The monoisotopic (exact) mass is 511 g/mol. The number of nitrogens with one attached hydrogen (secondary N) is 1. The van der Waals surface area contributed by atoms with Crippen LogP contribution in [0, 0.1) is 0 Å². The van der Waals surface area contributed by atoms with Gasteiger partial charge in [0.1, 0.15) is 18.1 Å². The highest BCUT2D eigenvalue weighted by molar-refractivity contribution is 14.0. The number of rotatable bonds is 6. The number of ether oxygens (including phenoxy) is 4. The third-order valence-electron chi connectivity index (χ3n) is 3.35. The standard InChI is InChI=1S/C17H16F3N3O4.HI/c18-17(19,20)27-12-3-1-11(2-4-12)23-16(21)22-7-8-24-13-5-6-14-15(9-13)26-10-25-14;/h1-6,9H,7-8,10H2,(H3,21,22,23);1H. The van der Waals surface area contributed by atoms with Crippen molar-refractivity contribution in [2.45, 2.75) is 6.36 Å². The van der Waals surface area contributed by atoms with E-state index >= 15 is 0 Å². The maximum Gasteiger partial charge on any atom is 0.573 e. The Hall–Kier alpha value is -2.57. The number of fused-ring (bicyclic) bond motifs is 1. The lowest BCUT2D eigenvalue weighted by atomic mass is 10.3. The first-order valence-corrected chi connectivity index (χ1v) is 7.84. The number of hydrogen-bond donors (Lipinski definition) is 2. The Morgan fingerprint density at radius 2 is 1.75 bits per heavy atom. The number of hydrogen-bond acceptors (Lipinski definition) is 5. The average molecular weight is 511 g/mol. The number of nitrogens with two attached hydrogens (primary N) is 1. The van der Waals surface area contributed by atoms with Crippen molar-refractivity contribution in [1.82, 2.24) is 0 Å². The van der Waals surface area contributed by atoms with Gasteiger partial charge in [-0.15, -0.1) is 37.1 Å². The second-order valence-electron chi connectivity index (χ2n) is 5.33. The maximum absolute atomic E-state index is 12.1. The summed E-state index contributed by atoms with van der Waals surface area (Å²) in [6, 6.07) is 10.4. The van der Waals surface area contributed by atoms with Crippen LogP contribution >= 0.6 is 24.0 Å². The molecule has 7 nitrogen and oxygen atoms in total. The molecule has 0 radical (unpaired) electrons. The van der Waals surface area contributed by atoms with E-state index in [2.05, 4.69) is 15.0 Å². The van der Waals surface area contributed by atoms with Crippen LogP contribution in [-0.2, 0) is 0 Å². The van der Waals surface area contributed by atoms with Gasteiger partial charge in [-0.25, -0.2) is 4.99 Å². The minimum Gasteiger partial charge on any atom is -0.492 e. The van der Waals surface area contributed by atoms with E-state index in [9.17, 15) is 13.2 Å². The first-order valence-electron chi connectivity index (χ1n) is 7.84. The van der Waals surface area contributed by atoms with Crippen molar-refractivity contribution in [3.63, 3.8) is 0 Å². The topological polar surface area (TPSA) is 87.3 Å². The van der Waals surface area contributed by atoms with Crippen molar-refractivity contribution < 1.29 is 32.1 Å².